The summed E-state index contributed by atoms with van der Waals surface area (Å²) in [6, 6.07) is -0.0248. The molecule has 0 bridgehead atoms. The molecule has 0 aliphatic heterocycles. The number of carbonyl (C=O) groups is 1. The van der Waals surface area contributed by atoms with E-state index < -0.39 is 0 Å². The van der Waals surface area contributed by atoms with Crippen LogP contribution in [0.2, 0.25) is 0 Å². The summed E-state index contributed by atoms with van der Waals surface area (Å²) >= 11 is 0. The third kappa shape index (κ3) is 7.37. The van der Waals surface area contributed by atoms with E-state index in [9.17, 15) is 4.79 Å². The van der Waals surface area contributed by atoms with Gasteiger partial charge in [-0.05, 0) is 19.8 Å². The van der Waals surface area contributed by atoms with Crippen LogP contribution >= 0.6 is 0 Å². The molecule has 15 heavy (non-hydrogen) atoms. The average Bonchev–Trinajstić information content (AvgIpc) is 2.17. The van der Waals surface area contributed by atoms with Gasteiger partial charge >= 0.3 is 0 Å². The Morgan fingerprint density at radius 1 is 1.20 bits per heavy atom. The van der Waals surface area contributed by atoms with E-state index in [4.69, 9.17) is 5.73 Å². The predicted molar refractivity (Wildman–Crippen MR) is 64.7 cm³/mol. The molecule has 3 heteroatoms. The summed E-state index contributed by atoms with van der Waals surface area (Å²) in [5.74, 6) is 0.215. The van der Waals surface area contributed by atoms with Gasteiger partial charge in [-0.15, -0.1) is 0 Å². The van der Waals surface area contributed by atoms with Gasteiger partial charge in [-0.3, -0.25) is 4.79 Å². The van der Waals surface area contributed by atoms with Gasteiger partial charge in [0.25, 0.3) is 0 Å². The molecule has 0 aromatic carbocycles. The summed E-state index contributed by atoms with van der Waals surface area (Å²) in [4.78, 5) is 13.8. The summed E-state index contributed by atoms with van der Waals surface area (Å²) < 4.78 is 0. The maximum Gasteiger partial charge on any atom is 0.224 e. The largest absolute Gasteiger partial charge is 0.343 e. The molecule has 0 fully saturated rings. The minimum absolute atomic E-state index is 0.0248. The SMILES string of the molecule is CCCCN(CCCC)C(=O)C[C@H](C)N. The first-order valence-electron chi connectivity index (χ1n) is 6.15. The maximum absolute atomic E-state index is 11.8. The number of hydrogen-bond acceptors (Lipinski definition) is 2. The van der Waals surface area contributed by atoms with E-state index in [1.54, 1.807) is 0 Å². The molecule has 0 saturated carbocycles. The minimum Gasteiger partial charge on any atom is -0.343 e. The fourth-order valence-electron chi connectivity index (χ4n) is 1.46. The Morgan fingerprint density at radius 3 is 2.00 bits per heavy atom. The lowest BCUT2D eigenvalue weighted by Gasteiger charge is -2.23. The normalized spacial score (nSPS) is 12.5. The van der Waals surface area contributed by atoms with Gasteiger partial charge in [-0.1, -0.05) is 26.7 Å². The first kappa shape index (κ1) is 14.4. The standard InChI is InChI=1S/C12H26N2O/c1-4-6-8-14(9-7-5-2)12(15)10-11(3)13/h11H,4-10,13H2,1-3H3/t11-/m0/s1. The van der Waals surface area contributed by atoms with Crippen LogP contribution in [-0.4, -0.2) is 29.9 Å². The Kier molecular flexibility index (Phi) is 8.38. The van der Waals surface area contributed by atoms with Gasteiger partial charge in [-0.2, -0.15) is 0 Å². The number of hydrogen-bond donors (Lipinski definition) is 1. The van der Waals surface area contributed by atoms with Crippen LogP contribution < -0.4 is 5.73 Å². The topological polar surface area (TPSA) is 46.3 Å². The number of amides is 1. The molecule has 1 atom stereocenters. The van der Waals surface area contributed by atoms with E-state index in [2.05, 4.69) is 13.8 Å². The lowest BCUT2D eigenvalue weighted by Crippen LogP contribution is -2.36. The van der Waals surface area contributed by atoms with Crippen LogP contribution in [0.25, 0.3) is 0 Å². The monoisotopic (exact) mass is 214 g/mol. The van der Waals surface area contributed by atoms with Crippen molar-refractivity contribution in [2.75, 3.05) is 13.1 Å². The minimum atomic E-state index is -0.0248. The van der Waals surface area contributed by atoms with Crippen molar-refractivity contribution in [3.63, 3.8) is 0 Å². The summed E-state index contributed by atoms with van der Waals surface area (Å²) in [5.41, 5.74) is 5.64. The fraction of sp³-hybridized carbons (Fsp3) is 0.917. The molecule has 0 unspecified atom stereocenters. The number of carbonyl (C=O) groups excluding carboxylic acids is 1. The molecule has 1 amide bonds. The molecule has 3 nitrogen and oxygen atoms in total. The van der Waals surface area contributed by atoms with Gasteiger partial charge in [-0.25, -0.2) is 0 Å². The first-order chi connectivity index (χ1) is 7.11. The lowest BCUT2D eigenvalue weighted by molar-refractivity contribution is -0.131. The number of unbranched alkanes of at least 4 members (excludes halogenated alkanes) is 2. The quantitative estimate of drug-likeness (QED) is 0.673. The third-order valence-corrected chi connectivity index (χ3v) is 2.41. The molecule has 0 radical (unpaired) electrons. The van der Waals surface area contributed by atoms with Crippen molar-refractivity contribution < 1.29 is 4.79 Å². The van der Waals surface area contributed by atoms with Gasteiger partial charge in [0.05, 0.1) is 0 Å². The first-order valence-corrected chi connectivity index (χ1v) is 6.15. The van der Waals surface area contributed by atoms with Crippen molar-refractivity contribution in [1.29, 1.82) is 0 Å². The smallest absolute Gasteiger partial charge is 0.224 e. The highest BCUT2D eigenvalue weighted by molar-refractivity contribution is 5.76. The summed E-state index contributed by atoms with van der Waals surface area (Å²) in [6.45, 7) is 7.96. The van der Waals surface area contributed by atoms with Crippen LogP contribution in [0, 0.1) is 0 Å². The van der Waals surface area contributed by atoms with Gasteiger partial charge in [0.2, 0.25) is 5.91 Å². The zero-order valence-electron chi connectivity index (χ0n) is 10.5. The van der Waals surface area contributed by atoms with E-state index in [0.29, 0.717) is 6.42 Å². The number of nitrogens with zero attached hydrogens (tertiary/aromatic N) is 1. The van der Waals surface area contributed by atoms with Crippen molar-refractivity contribution in [3.05, 3.63) is 0 Å². The van der Waals surface area contributed by atoms with Crippen molar-refractivity contribution in [1.82, 2.24) is 4.90 Å². The van der Waals surface area contributed by atoms with E-state index in [1.165, 1.54) is 0 Å². The Hall–Kier alpha value is -0.570. The molecular weight excluding hydrogens is 188 g/mol. The molecule has 0 heterocycles. The second-order valence-electron chi connectivity index (χ2n) is 4.27. The van der Waals surface area contributed by atoms with E-state index >= 15 is 0 Å². The number of nitrogens with two attached hydrogens (primary N) is 1. The zero-order valence-corrected chi connectivity index (χ0v) is 10.5. The molecule has 2 N–H and O–H groups in total. The lowest BCUT2D eigenvalue weighted by atomic mass is 10.2. The zero-order chi connectivity index (χ0) is 11.7. The second kappa shape index (κ2) is 8.72. The molecule has 0 aliphatic carbocycles. The molecule has 0 saturated heterocycles. The molecule has 0 aromatic rings. The van der Waals surface area contributed by atoms with E-state index in [0.717, 1.165) is 38.8 Å². The summed E-state index contributed by atoms with van der Waals surface area (Å²) in [5, 5.41) is 0. The number of rotatable bonds is 8. The van der Waals surface area contributed by atoms with E-state index in [-0.39, 0.29) is 11.9 Å². The van der Waals surface area contributed by atoms with Crippen molar-refractivity contribution in [2.45, 2.75) is 58.9 Å². The fourth-order valence-corrected chi connectivity index (χ4v) is 1.46. The Morgan fingerprint density at radius 2 is 1.67 bits per heavy atom. The Bertz CT molecular complexity index is 161. The van der Waals surface area contributed by atoms with Crippen LogP contribution in [0.1, 0.15) is 52.9 Å². The Balaban J connectivity index is 4.01. The molecule has 90 valence electrons. The highest BCUT2D eigenvalue weighted by Crippen LogP contribution is 2.03. The Labute approximate surface area is 94.0 Å². The molecule has 0 spiro atoms. The van der Waals surface area contributed by atoms with E-state index in [1.807, 2.05) is 11.8 Å². The van der Waals surface area contributed by atoms with Crippen LogP contribution in [0.15, 0.2) is 0 Å². The van der Waals surface area contributed by atoms with Crippen LogP contribution in [-0.2, 0) is 4.79 Å². The molecule has 0 rings (SSSR count). The molecule has 0 aromatic heterocycles. The second-order valence-corrected chi connectivity index (χ2v) is 4.27. The van der Waals surface area contributed by atoms with Crippen LogP contribution in [0.4, 0.5) is 0 Å². The van der Waals surface area contributed by atoms with Gasteiger partial charge in [0.15, 0.2) is 0 Å². The van der Waals surface area contributed by atoms with Crippen molar-refractivity contribution in [3.8, 4) is 0 Å². The molecular formula is C12H26N2O. The third-order valence-electron chi connectivity index (χ3n) is 2.41. The van der Waals surface area contributed by atoms with Crippen molar-refractivity contribution in [2.24, 2.45) is 5.73 Å². The van der Waals surface area contributed by atoms with Crippen LogP contribution in [0.5, 0.6) is 0 Å². The van der Waals surface area contributed by atoms with Gasteiger partial charge < -0.3 is 10.6 Å². The summed E-state index contributed by atoms with van der Waals surface area (Å²) in [6.07, 6.45) is 4.93. The maximum atomic E-state index is 11.8. The van der Waals surface area contributed by atoms with Gasteiger partial charge in [0.1, 0.15) is 0 Å². The van der Waals surface area contributed by atoms with Crippen molar-refractivity contribution >= 4 is 5.91 Å². The predicted octanol–water partition coefficient (Wildman–Crippen LogP) is 2.15. The van der Waals surface area contributed by atoms with Gasteiger partial charge in [0, 0.05) is 25.6 Å². The summed E-state index contributed by atoms with van der Waals surface area (Å²) in [7, 11) is 0. The highest BCUT2D eigenvalue weighted by Gasteiger charge is 2.13. The molecule has 0 aliphatic rings. The average molecular weight is 214 g/mol. The van der Waals surface area contributed by atoms with Crippen LogP contribution in [0.3, 0.4) is 0 Å². The highest BCUT2D eigenvalue weighted by atomic mass is 16.2.